The van der Waals surface area contributed by atoms with E-state index in [1.807, 2.05) is 0 Å². The van der Waals surface area contributed by atoms with E-state index < -0.39 is 18.6 Å². The zero-order valence-corrected chi connectivity index (χ0v) is 10.1. The molecule has 0 radical (unpaired) electrons. The Bertz CT molecular complexity index is 563. The summed E-state index contributed by atoms with van der Waals surface area (Å²) in [6, 6.07) is 3.28. The molecule has 2 aromatic rings. The van der Waals surface area contributed by atoms with Crippen LogP contribution in [0.2, 0.25) is 0 Å². The van der Waals surface area contributed by atoms with Crippen LogP contribution in [0.15, 0.2) is 27.3 Å². The second kappa shape index (κ2) is 5.76. The minimum absolute atomic E-state index is 0.0530. The van der Waals surface area contributed by atoms with E-state index in [0.29, 0.717) is 5.76 Å². The molecular formula is C11H10F3N3O3. The zero-order chi connectivity index (χ0) is 14.6. The molecule has 0 aliphatic carbocycles. The molecule has 0 unspecified atom stereocenters. The van der Waals surface area contributed by atoms with Gasteiger partial charge in [-0.3, -0.25) is 4.79 Å². The average Bonchev–Trinajstić information content (AvgIpc) is 3.03. The molecule has 0 aromatic carbocycles. The molecule has 1 amide bonds. The molecule has 6 nitrogen and oxygen atoms in total. The van der Waals surface area contributed by atoms with Crippen molar-refractivity contribution in [3.05, 3.63) is 24.3 Å². The highest BCUT2D eigenvalue weighted by Gasteiger charge is 2.27. The van der Waals surface area contributed by atoms with Crippen molar-refractivity contribution in [2.75, 3.05) is 6.54 Å². The zero-order valence-electron chi connectivity index (χ0n) is 10.1. The largest absolute Gasteiger partial charge is 0.461 e. The molecule has 9 heteroatoms. The monoisotopic (exact) mass is 289 g/mol. The minimum atomic E-state index is -4.42. The van der Waals surface area contributed by atoms with E-state index in [1.165, 1.54) is 6.26 Å². The summed E-state index contributed by atoms with van der Waals surface area (Å²) in [5, 5.41) is 5.39. The van der Waals surface area contributed by atoms with Crippen LogP contribution in [-0.4, -0.2) is 28.8 Å². The number of hydrogen-bond acceptors (Lipinski definition) is 5. The maximum Gasteiger partial charge on any atom is 0.405 e. The number of rotatable bonds is 5. The Morgan fingerprint density at radius 2 is 2.20 bits per heavy atom. The van der Waals surface area contributed by atoms with Crippen molar-refractivity contribution in [3.63, 3.8) is 0 Å². The number of amides is 1. The van der Waals surface area contributed by atoms with Crippen LogP contribution < -0.4 is 5.32 Å². The van der Waals surface area contributed by atoms with Gasteiger partial charge >= 0.3 is 6.18 Å². The fourth-order valence-electron chi connectivity index (χ4n) is 1.37. The van der Waals surface area contributed by atoms with E-state index in [0.717, 1.165) is 0 Å². The molecule has 0 saturated heterocycles. The van der Waals surface area contributed by atoms with E-state index in [2.05, 4.69) is 10.1 Å². The first-order chi connectivity index (χ1) is 9.44. The first-order valence-corrected chi connectivity index (χ1v) is 5.64. The Balaban J connectivity index is 1.81. The second-order valence-electron chi connectivity index (χ2n) is 3.88. The highest BCUT2D eigenvalue weighted by atomic mass is 19.4. The molecule has 0 bridgehead atoms. The summed E-state index contributed by atoms with van der Waals surface area (Å²) in [5.74, 6) is 0.0425. The summed E-state index contributed by atoms with van der Waals surface area (Å²) in [6.45, 7) is -1.35. The summed E-state index contributed by atoms with van der Waals surface area (Å²) in [6.07, 6.45) is -3.10. The molecular weight excluding hydrogens is 279 g/mol. The number of nitrogens with zero attached hydrogens (tertiary/aromatic N) is 2. The summed E-state index contributed by atoms with van der Waals surface area (Å²) in [5.41, 5.74) is 0. The van der Waals surface area contributed by atoms with Crippen LogP contribution in [0, 0.1) is 0 Å². The van der Waals surface area contributed by atoms with Gasteiger partial charge in [0, 0.05) is 12.8 Å². The van der Waals surface area contributed by atoms with Gasteiger partial charge in [0.2, 0.25) is 17.6 Å². The van der Waals surface area contributed by atoms with E-state index in [9.17, 15) is 18.0 Å². The number of carbonyl (C=O) groups excluding carboxylic acids is 1. The van der Waals surface area contributed by atoms with Gasteiger partial charge in [0.15, 0.2) is 5.76 Å². The number of furan rings is 1. The molecule has 0 atom stereocenters. The van der Waals surface area contributed by atoms with Crippen LogP contribution >= 0.6 is 0 Å². The van der Waals surface area contributed by atoms with Crippen molar-refractivity contribution < 1.29 is 26.9 Å². The van der Waals surface area contributed by atoms with Crippen molar-refractivity contribution in [2.45, 2.75) is 19.0 Å². The van der Waals surface area contributed by atoms with Crippen LogP contribution in [0.5, 0.6) is 0 Å². The van der Waals surface area contributed by atoms with E-state index in [1.54, 1.807) is 17.4 Å². The first kappa shape index (κ1) is 14.1. The summed E-state index contributed by atoms with van der Waals surface area (Å²) >= 11 is 0. The standard InChI is InChI=1S/C11H10F3N3O3/c12-11(13,14)6-15-8(18)3-4-9-16-10(17-20-9)7-2-1-5-19-7/h1-2,5H,3-4,6H2,(H,15,18). The summed E-state index contributed by atoms with van der Waals surface area (Å²) in [4.78, 5) is 15.1. The normalized spacial score (nSPS) is 11.6. The van der Waals surface area contributed by atoms with E-state index in [4.69, 9.17) is 8.94 Å². The first-order valence-electron chi connectivity index (χ1n) is 5.64. The van der Waals surface area contributed by atoms with Crippen LogP contribution in [-0.2, 0) is 11.2 Å². The highest BCUT2D eigenvalue weighted by Crippen LogP contribution is 2.16. The minimum Gasteiger partial charge on any atom is -0.461 e. The molecule has 0 spiro atoms. The Labute approximate surface area is 111 Å². The van der Waals surface area contributed by atoms with Gasteiger partial charge in [-0.05, 0) is 12.1 Å². The average molecular weight is 289 g/mol. The van der Waals surface area contributed by atoms with E-state index >= 15 is 0 Å². The number of aryl methyl sites for hydroxylation is 1. The molecule has 0 aliphatic heterocycles. The van der Waals surface area contributed by atoms with Gasteiger partial charge in [0.1, 0.15) is 6.54 Å². The molecule has 0 saturated carbocycles. The van der Waals surface area contributed by atoms with Crippen molar-refractivity contribution >= 4 is 5.91 Å². The Morgan fingerprint density at radius 1 is 1.40 bits per heavy atom. The van der Waals surface area contributed by atoms with Crippen LogP contribution in [0.25, 0.3) is 11.6 Å². The lowest BCUT2D eigenvalue weighted by atomic mass is 10.3. The lowest BCUT2D eigenvalue weighted by Crippen LogP contribution is -2.33. The smallest absolute Gasteiger partial charge is 0.405 e. The van der Waals surface area contributed by atoms with E-state index in [-0.39, 0.29) is 24.6 Å². The van der Waals surface area contributed by atoms with Crippen LogP contribution in [0.1, 0.15) is 12.3 Å². The SMILES string of the molecule is O=C(CCc1nc(-c2ccco2)no1)NCC(F)(F)F. The fourth-order valence-corrected chi connectivity index (χ4v) is 1.37. The molecule has 1 N–H and O–H groups in total. The number of carbonyl (C=O) groups is 1. The van der Waals surface area contributed by atoms with Crippen LogP contribution in [0.3, 0.4) is 0 Å². The number of alkyl halides is 3. The molecule has 0 fully saturated rings. The summed E-state index contributed by atoms with van der Waals surface area (Å²) in [7, 11) is 0. The van der Waals surface area contributed by atoms with Crippen LogP contribution in [0.4, 0.5) is 13.2 Å². The molecule has 0 aliphatic rings. The molecule has 2 rings (SSSR count). The van der Waals surface area contributed by atoms with Gasteiger partial charge in [-0.1, -0.05) is 5.16 Å². The second-order valence-corrected chi connectivity index (χ2v) is 3.88. The predicted octanol–water partition coefficient (Wildman–Crippen LogP) is 1.94. The summed E-state index contributed by atoms with van der Waals surface area (Å²) < 4.78 is 45.5. The number of halogens is 3. The number of hydrogen-bond donors (Lipinski definition) is 1. The van der Waals surface area contributed by atoms with Crippen molar-refractivity contribution in [2.24, 2.45) is 0 Å². The van der Waals surface area contributed by atoms with Gasteiger partial charge in [0.25, 0.3) is 0 Å². The highest BCUT2D eigenvalue weighted by molar-refractivity contribution is 5.76. The fraction of sp³-hybridized carbons (Fsp3) is 0.364. The Kier molecular flexibility index (Phi) is 4.06. The lowest BCUT2D eigenvalue weighted by molar-refractivity contribution is -0.138. The molecule has 20 heavy (non-hydrogen) atoms. The topological polar surface area (TPSA) is 81.2 Å². The van der Waals surface area contributed by atoms with Crippen molar-refractivity contribution in [1.29, 1.82) is 0 Å². The third kappa shape index (κ3) is 4.11. The number of aromatic nitrogens is 2. The van der Waals surface area contributed by atoms with Gasteiger partial charge in [-0.2, -0.15) is 18.2 Å². The molecule has 108 valence electrons. The predicted molar refractivity (Wildman–Crippen MR) is 59.4 cm³/mol. The Hall–Kier alpha value is -2.32. The van der Waals surface area contributed by atoms with Gasteiger partial charge < -0.3 is 14.3 Å². The Morgan fingerprint density at radius 3 is 2.85 bits per heavy atom. The third-order valence-electron chi connectivity index (χ3n) is 2.26. The molecule has 2 aromatic heterocycles. The van der Waals surface area contributed by atoms with Crippen molar-refractivity contribution in [1.82, 2.24) is 15.5 Å². The van der Waals surface area contributed by atoms with Gasteiger partial charge in [0.05, 0.1) is 6.26 Å². The third-order valence-corrected chi connectivity index (χ3v) is 2.26. The number of nitrogens with one attached hydrogen (secondary N) is 1. The molecule has 2 heterocycles. The lowest BCUT2D eigenvalue weighted by Gasteiger charge is -2.07. The van der Waals surface area contributed by atoms with Crippen molar-refractivity contribution in [3.8, 4) is 11.6 Å². The van der Waals surface area contributed by atoms with Gasteiger partial charge in [-0.15, -0.1) is 0 Å². The van der Waals surface area contributed by atoms with Gasteiger partial charge in [-0.25, -0.2) is 0 Å². The quantitative estimate of drug-likeness (QED) is 0.909. The maximum absolute atomic E-state index is 11.9. The maximum atomic E-state index is 11.9.